The van der Waals surface area contributed by atoms with Crippen LogP contribution in [-0.4, -0.2) is 52.2 Å². The first-order valence-electron chi connectivity index (χ1n) is 8.36. The summed E-state index contributed by atoms with van der Waals surface area (Å²) in [6, 6.07) is 13.4. The van der Waals surface area contributed by atoms with Crippen molar-refractivity contribution in [2.75, 3.05) is 21.2 Å². The van der Waals surface area contributed by atoms with Gasteiger partial charge in [0.25, 0.3) is 5.91 Å². The van der Waals surface area contributed by atoms with Crippen LogP contribution in [0.5, 0.6) is 5.75 Å². The van der Waals surface area contributed by atoms with Crippen LogP contribution in [0.4, 0.5) is 0 Å². The lowest BCUT2D eigenvalue weighted by Gasteiger charge is -2.11. The number of thioether (sulfide) groups is 1. The second kappa shape index (κ2) is 8.22. The third-order valence-corrected chi connectivity index (χ3v) is 4.97. The molecular weight excluding hydrogens is 362 g/mol. The van der Waals surface area contributed by atoms with Crippen LogP contribution in [0.2, 0.25) is 0 Å². The van der Waals surface area contributed by atoms with Crippen LogP contribution in [0, 0.1) is 6.92 Å². The minimum atomic E-state index is -0.00955. The molecule has 7 nitrogen and oxygen atoms in total. The van der Waals surface area contributed by atoms with E-state index in [9.17, 15) is 4.79 Å². The van der Waals surface area contributed by atoms with Crippen molar-refractivity contribution in [2.45, 2.75) is 17.8 Å². The molecule has 0 bridgehead atoms. The van der Waals surface area contributed by atoms with Crippen molar-refractivity contribution in [2.24, 2.45) is 0 Å². The summed E-state index contributed by atoms with van der Waals surface area (Å²) in [6.45, 7) is 2.01. The number of hydrogen-bond acceptors (Lipinski definition) is 6. The van der Waals surface area contributed by atoms with Gasteiger partial charge in [-0.1, -0.05) is 30.0 Å². The zero-order chi connectivity index (χ0) is 19.4. The minimum absolute atomic E-state index is 0.00955. The van der Waals surface area contributed by atoms with Crippen LogP contribution >= 0.6 is 11.8 Å². The molecule has 1 aromatic heterocycles. The highest BCUT2D eigenvalue weighted by Gasteiger charge is 2.14. The molecule has 0 aliphatic rings. The zero-order valence-corrected chi connectivity index (χ0v) is 16.5. The van der Waals surface area contributed by atoms with E-state index < -0.39 is 0 Å². The molecule has 0 aliphatic carbocycles. The van der Waals surface area contributed by atoms with E-state index in [2.05, 4.69) is 15.5 Å². The van der Waals surface area contributed by atoms with Gasteiger partial charge in [0.05, 0.1) is 7.11 Å². The fourth-order valence-corrected chi connectivity index (χ4v) is 3.37. The van der Waals surface area contributed by atoms with Gasteiger partial charge in [-0.2, -0.15) is 4.68 Å². The van der Waals surface area contributed by atoms with E-state index in [1.807, 2.05) is 49.4 Å². The van der Waals surface area contributed by atoms with Gasteiger partial charge in [0.15, 0.2) is 0 Å². The first-order valence-corrected chi connectivity index (χ1v) is 9.35. The van der Waals surface area contributed by atoms with E-state index >= 15 is 0 Å². The normalized spacial score (nSPS) is 10.7. The molecule has 1 heterocycles. The van der Waals surface area contributed by atoms with E-state index in [1.165, 1.54) is 11.8 Å². The van der Waals surface area contributed by atoms with Crippen LogP contribution in [0.3, 0.4) is 0 Å². The van der Waals surface area contributed by atoms with Gasteiger partial charge in [0.1, 0.15) is 11.4 Å². The van der Waals surface area contributed by atoms with E-state index in [0.29, 0.717) is 22.2 Å². The maximum absolute atomic E-state index is 12.0. The molecule has 0 spiro atoms. The highest BCUT2D eigenvalue weighted by molar-refractivity contribution is 7.98. The lowest BCUT2D eigenvalue weighted by molar-refractivity contribution is 0.0827. The molecule has 0 saturated heterocycles. The fourth-order valence-electron chi connectivity index (χ4n) is 2.54. The van der Waals surface area contributed by atoms with Gasteiger partial charge in [-0.05, 0) is 52.7 Å². The van der Waals surface area contributed by atoms with E-state index in [1.54, 1.807) is 30.8 Å². The quantitative estimate of drug-likeness (QED) is 0.610. The molecule has 27 heavy (non-hydrogen) atoms. The number of amides is 1. The van der Waals surface area contributed by atoms with Gasteiger partial charge in [-0.3, -0.25) is 4.79 Å². The van der Waals surface area contributed by atoms with Crippen LogP contribution in [0.25, 0.3) is 5.69 Å². The number of rotatable bonds is 6. The highest BCUT2D eigenvalue weighted by atomic mass is 32.2. The zero-order valence-electron chi connectivity index (χ0n) is 15.7. The molecule has 3 rings (SSSR count). The molecule has 0 atom stereocenters. The van der Waals surface area contributed by atoms with Gasteiger partial charge in [-0.15, -0.1) is 5.10 Å². The Hall–Kier alpha value is -2.87. The van der Waals surface area contributed by atoms with Gasteiger partial charge >= 0.3 is 0 Å². The first kappa shape index (κ1) is 18.9. The summed E-state index contributed by atoms with van der Waals surface area (Å²) < 4.78 is 7.12. The molecule has 0 N–H and O–H groups in total. The molecule has 0 radical (unpaired) electrons. The number of methoxy groups -OCH3 is 1. The minimum Gasteiger partial charge on any atom is -0.494 e. The number of carbonyl (C=O) groups is 1. The Balaban J connectivity index is 1.76. The molecule has 3 aromatic rings. The van der Waals surface area contributed by atoms with Crippen molar-refractivity contribution in [1.29, 1.82) is 0 Å². The molecule has 8 heteroatoms. The standard InChI is InChI=1S/C19H21N5O2S/c1-13-5-10-17(26-4)16(11-13)24-19(20-21-22-24)27-12-14-6-8-15(9-7-14)18(25)23(2)3/h5-11H,12H2,1-4H3. The SMILES string of the molecule is COc1ccc(C)cc1-n1nnnc1SCc1ccc(C(=O)N(C)C)cc1. The lowest BCUT2D eigenvalue weighted by atomic mass is 10.1. The summed E-state index contributed by atoms with van der Waals surface area (Å²) in [4.78, 5) is 13.5. The average molecular weight is 383 g/mol. The number of nitrogens with zero attached hydrogens (tertiary/aromatic N) is 5. The van der Waals surface area contributed by atoms with Crippen LogP contribution in [0.15, 0.2) is 47.6 Å². The number of hydrogen-bond donors (Lipinski definition) is 0. The maximum Gasteiger partial charge on any atom is 0.253 e. The summed E-state index contributed by atoms with van der Waals surface area (Å²) in [5, 5.41) is 12.7. The van der Waals surface area contributed by atoms with Crippen LogP contribution in [-0.2, 0) is 5.75 Å². The number of aryl methyl sites for hydroxylation is 1. The molecule has 140 valence electrons. The van der Waals surface area contributed by atoms with Crippen LogP contribution in [0.1, 0.15) is 21.5 Å². The molecule has 0 saturated carbocycles. The van der Waals surface area contributed by atoms with Crippen LogP contribution < -0.4 is 4.74 Å². The molecule has 0 unspecified atom stereocenters. The predicted molar refractivity (Wildman–Crippen MR) is 104 cm³/mol. The number of ether oxygens (including phenoxy) is 1. The van der Waals surface area contributed by atoms with E-state index in [4.69, 9.17) is 4.74 Å². The van der Waals surface area contributed by atoms with Gasteiger partial charge in [0, 0.05) is 25.4 Å². The van der Waals surface area contributed by atoms with Crippen molar-refractivity contribution in [3.63, 3.8) is 0 Å². The van der Waals surface area contributed by atoms with E-state index in [0.717, 1.165) is 16.8 Å². The van der Waals surface area contributed by atoms with Gasteiger partial charge < -0.3 is 9.64 Å². The number of tetrazole rings is 1. The smallest absolute Gasteiger partial charge is 0.253 e. The molecule has 1 amide bonds. The largest absolute Gasteiger partial charge is 0.494 e. The number of carbonyl (C=O) groups excluding carboxylic acids is 1. The van der Waals surface area contributed by atoms with Crippen molar-refractivity contribution in [3.8, 4) is 11.4 Å². The van der Waals surface area contributed by atoms with Crippen molar-refractivity contribution >= 4 is 17.7 Å². The Morgan fingerprint density at radius 1 is 1.19 bits per heavy atom. The Morgan fingerprint density at radius 2 is 1.93 bits per heavy atom. The highest BCUT2D eigenvalue weighted by Crippen LogP contribution is 2.28. The summed E-state index contributed by atoms with van der Waals surface area (Å²) in [5.41, 5.74) is 3.65. The number of benzene rings is 2. The monoisotopic (exact) mass is 383 g/mol. The molecule has 0 fully saturated rings. The third kappa shape index (κ3) is 4.28. The first-order chi connectivity index (χ1) is 13.0. The van der Waals surface area contributed by atoms with E-state index in [-0.39, 0.29) is 5.91 Å². The second-order valence-corrected chi connectivity index (χ2v) is 7.18. The average Bonchev–Trinajstić information content (AvgIpc) is 3.14. The lowest BCUT2D eigenvalue weighted by Crippen LogP contribution is -2.21. The number of aromatic nitrogens is 4. The summed E-state index contributed by atoms with van der Waals surface area (Å²) >= 11 is 1.52. The van der Waals surface area contributed by atoms with Gasteiger partial charge in [-0.25, -0.2) is 0 Å². The Morgan fingerprint density at radius 3 is 2.59 bits per heavy atom. The maximum atomic E-state index is 12.0. The predicted octanol–water partition coefficient (Wildman–Crippen LogP) is 2.97. The van der Waals surface area contributed by atoms with Crippen molar-refractivity contribution in [3.05, 3.63) is 59.2 Å². The topological polar surface area (TPSA) is 73.1 Å². The summed E-state index contributed by atoms with van der Waals surface area (Å²) in [5.74, 6) is 1.39. The molecular formula is C19H21N5O2S. The fraction of sp³-hybridized carbons (Fsp3) is 0.263. The van der Waals surface area contributed by atoms with Gasteiger partial charge in [0.2, 0.25) is 5.16 Å². The summed E-state index contributed by atoms with van der Waals surface area (Å²) in [6.07, 6.45) is 0. The Bertz CT molecular complexity index is 938. The second-order valence-electron chi connectivity index (χ2n) is 6.23. The molecule has 2 aromatic carbocycles. The van der Waals surface area contributed by atoms with Crippen molar-refractivity contribution in [1.82, 2.24) is 25.1 Å². The third-order valence-electron chi connectivity index (χ3n) is 3.98. The Labute approximate surface area is 162 Å². The van der Waals surface area contributed by atoms with Crippen molar-refractivity contribution < 1.29 is 9.53 Å². The summed E-state index contributed by atoms with van der Waals surface area (Å²) in [7, 11) is 5.11. The Kier molecular flexibility index (Phi) is 5.75. The molecule has 0 aliphatic heterocycles.